The molecule has 2 rings (SSSR count). The molecule has 0 aromatic heterocycles. The van der Waals surface area contributed by atoms with Gasteiger partial charge in [0.15, 0.2) is 0 Å². The fourth-order valence-corrected chi connectivity index (χ4v) is 4.52. The van der Waals surface area contributed by atoms with E-state index >= 15 is 0 Å². The number of nitrogens with one attached hydrogen (secondary N) is 1. The highest BCUT2D eigenvalue weighted by Gasteiger charge is 2.32. The molecule has 0 aliphatic heterocycles. The molecule has 0 heterocycles. The average Bonchev–Trinajstić information content (AvgIpc) is 2.82. The molecule has 0 bridgehead atoms. The molecule has 2 unspecified atom stereocenters. The van der Waals surface area contributed by atoms with Crippen molar-refractivity contribution in [1.82, 2.24) is 10.2 Å². The number of carbonyl (C=O) groups is 2. The van der Waals surface area contributed by atoms with E-state index in [0.29, 0.717) is 22.9 Å². The van der Waals surface area contributed by atoms with E-state index in [-0.39, 0.29) is 18.5 Å². The molecule has 0 saturated heterocycles. The molecule has 0 radical (unpaired) electrons. The van der Waals surface area contributed by atoms with Gasteiger partial charge in [-0.3, -0.25) is 13.9 Å². The molecule has 0 aliphatic carbocycles. The van der Waals surface area contributed by atoms with Gasteiger partial charge in [0.1, 0.15) is 18.3 Å². The van der Waals surface area contributed by atoms with Gasteiger partial charge in [-0.25, -0.2) is 8.42 Å². The predicted molar refractivity (Wildman–Crippen MR) is 139 cm³/mol. The summed E-state index contributed by atoms with van der Waals surface area (Å²) in [6, 6.07) is 12.5. The Morgan fingerprint density at radius 2 is 1.74 bits per heavy atom. The van der Waals surface area contributed by atoms with Crippen LogP contribution in [0.25, 0.3) is 0 Å². The summed E-state index contributed by atoms with van der Waals surface area (Å²) in [5.74, 6) is -0.166. The summed E-state index contributed by atoms with van der Waals surface area (Å²) in [6.07, 6.45) is 2.14. The Morgan fingerprint density at radius 1 is 1.09 bits per heavy atom. The monoisotopic (exact) mass is 523 g/mol. The van der Waals surface area contributed by atoms with Crippen molar-refractivity contribution in [3.05, 3.63) is 59.1 Å². The Morgan fingerprint density at radius 3 is 2.29 bits per heavy atom. The lowest BCUT2D eigenvalue weighted by atomic mass is 10.1. The van der Waals surface area contributed by atoms with Crippen molar-refractivity contribution in [3.8, 4) is 5.75 Å². The van der Waals surface area contributed by atoms with Gasteiger partial charge in [-0.1, -0.05) is 37.6 Å². The number of carbonyl (C=O) groups excluding carboxylic acids is 2. The number of benzene rings is 2. The van der Waals surface area contributed by atoms with Gasteiger partial charge in [0, 0.05) is 17.6 Å². The number of nitrogens with zero attached hydrogens (tertiary/aromatic N) is 2. The standard InChI is InChI=1S/C25H34ClN3O5S/c1-6-18(3)27-25(31)23(7-2)28(16-19-9-8-10-22(15-19)34-4)24(30)17-29(35(5,32)33)21-13-11-20(26)12-14-21/h8-15,18,23H,6-7,16-17H2,1-5H3,(H,27,31). The van der Waals surface area contributed by atoms with E-state index < -0.39 is 28.5 Å². The largest absolute Gasteiger partial charge is 0.497 e. The fraction of sp³-hybridized carbons (Fsp3) is 0.440. The molecule has 192 valence electrons. The average molecular weight is 524 g/mol. The molecule has 1 N–H and O–H groups in total. The van der Waals surface area contributed by atoms with Gasteiger partial charge in [0.25, 0.3) is 0 Å². The van der Waals surface area contributed by atoms with Gasteiger partial charge in [-0.2, -0.15) is 0 Å². The molecule has 2 aromatic carbocycles. The Hall–Kier alpha value is -2.78. The lowest BCUT2D eigenvalue weighted by Crippen LogP contribution is -2.53. The first kappa shape index (κ1) is 28.5. The van der Waals surface area contributed by atoms with Crippen LogP contribution in [0.15, 0.2) is 48.5 Å². The molecule has 2 amide bonds. The SMILES string of the molecule is CCC(C)NC(=O)C(CC)N(Cc1cccc(OC)c1)C(=O)CN(c1ccc(Cl)cc1)S(C)(=O)=O. The van der Waals surface area contributed by atoms with E-state index in [9.17, 15) is 18.0 Å². The van der Waals surface area contributed by atoms with Crippen molar-refractivity contribution in [2.75, 3.05) is 24.2 Å². The third kappa shape index (κ3) is 8.14. The van der Waals surface area contributed by atoms with Crippen molar-refractivity contribution >= 4 is 39.1 Å². The molecular formula is C25H34ClN3O5S. The van der Waals surface area contributed by atoms with Crippen LogP contribution in [0.3, 0.4) is 0 Å². The highest BCUT2D eigenvalue weighted by Crippen LogP contribution is 2.22. The Balaban J connectivity index is 2.44. The van der Waals surface area contributed by atoms with E-state index in [0.717, 1.165) is 22.5 Å². The summed E-state index contributed by atoms with van der Waals surface area (Å²) in [4.78, 5) is 28.2. The molecule has 0 aliphatic rings. The van der Waals surface area contributed by atoms with Crippen LogP contribution in [0.1, 0.15) is 39.2 Å². The number of hydrogen-bond acceptors (Lipinski definition) is 5. The van der Waals surface area contributed by atoms with Crippen LogP contribution >= 0.6 is 11.6 Å². The van der Waals surface area contributed by atoms with Crippen LogP contribution in [-0.2, 0) is 26.2 Å². The Kier molecular flexibility index (Phi) is 10.4. The summed E-state index contributed by atoms with van der Waals surface area (Å²) in [5, 5.41) is 3.39. The second kappa shape index (κ2) is 12.8. The van der Waals surface area contributed by atoms with Gasteiger partial charge in [0.05, 0.1) is 19.1 Å². The molecule has 35 heavy (non-hydrogen) atoms. The van der Waals surface area contributed by atoms with Crippen LogP contribution in [0.4, 0.5) is 5.69 Å². The van der Waals surface area contributed by atoms with Gasteiger partial charge >= 0.3 is 0 Å². The summed E-state index contributed by atoms with van der Waals surface area (Å²) in [5.41, 5.74) is 1.06. The maximum Gasteiger partial charge on any atom is 0.244 e. The number of amides is 2. The van der Waals surface area contributed by atoms with E-state index in [1.807, 2.05) is 26.8 Å². The number of halogens is 1. The van der Waals surface area contributed by atoms with Crippen molar-refractivity contribution in [2.45, 2.75) is 52.2 Å². The third-order valence-electron chi connectivity index (χ3n) is 5.67. The Labute approximate surface area is 213 Å². The molecule has 2 aromatic rings. The number of rotatable bonds is 12. The second-order valence-corrected chi connectivity index (χ2v) is 10.7. The third-order valence-corrected chi connectivity index (χ3v) is 7.06. The van der Waals surface area contributed by atoms with Crippen molar-refractivity contribution in [2.24, 2.45) is 0 Å². The van der Waals surface area contributed by atoms with Crippen LogP contribution in [-0.4, -0.2) is 57.1 Å². The molecular weight excluding hydrogens is 490 g/mol. The second-order valence-electron chi connectivity index (χ2n) is 8.36. The van der Waals surface area contributed by atoms with Gasteiger partial charge in [-0.05, 0) is 61.7 Å². The zero-order valence-corrected chi connectivity index (χ0v) is 22.4. The molecule has 8 nitrogen and oxygen atoms in total. The van der Waals surface area contributed by atoms with Crippen LogP contribution < -0.4 is 14.4 Å². The first-order valence-corrected chi connectivity index (χ1v) is 13.7. The van der Waals surface area contributed by atoms with Crippen LogP contribution in [0.5, 0.6) is 5.75 Å². The summed E-state index contributed by atoms with van der Waals surface area (Å²) >= 11 is 5.95. The topological polar surface area (TPSA) is 96.0 Å². The lowest BCUT2D eigenvalue weighted by Gasteiger charge is -2.33. The minimum Gasteiger partial charge on any atom is -0.497 e. The molecule has 10 heteroatoms. The molecule has 0 fully saturated rings. The van der Waals surface area contributed by atoms with Crippen molar-refractivity contribution in [1.29, 1.82) is 0 Å². The molecule has 0 spiro atoms. The summed E-state index contributed by atoms with van der Waals surface area (Å²) in [7, 11) is -2.25. The van der Waals surface area contributed by atoms with Gasteiger partial charge < -0.3 is 15.0 Å². The minimum atomic E-state index is -3.80. The van der Waals surface area contributed by atoms with E-state index in [4.69, 9.17) is 16.3 Å². The normalized spacial score (nSPS) is 13.0. The van der Waals surface area contributed by atoms with E-state index in [1.54, 1.807) is 37.4 Å². The summed E-state index contributed by atoms with van der Waals surface area (Å²) in [6.45, 7) is 5.32. The maximum atomic E-state index is 13.6. The Bertz CT molecular complexity index is 1110. The van der Waals surface area contributed by atoms with E-state index in [2.05, 4.69) is 5.32 Å². The number of anilines is 1. The highest BCUT2D eigenvalue weighted by atomic mass is 35.5. The molecule has 2 atom stereocenters. The van der Waals surface area contributed by atoms with Crippen LogP contribution in [0.2, 0.25) is 5.02 Å². The fourth-order valence-electron chi connectivity index (χ4n) is 3.55. The lowest BCUT2D eigenvalue weighted by molar-refractivity contribution is -0.140. The zero-order valence-electron chi connectivity index (χ0n) is 20.8. The quantitative estimate of drug-likeness (QED) is 0.456. The maximum absolute atomic E-state index is 13.6. The minimum absolute atomic E-state index is 0.0630. The van der Waals surface area contributed by atoms with Gasteiger partial charge in [0.2, 0.25) is 21.8 Å². The van der Waals surface area contributed by atoms with Crippen LogP contribution in [0, 0.1) is 0 Å². The zero-order chi connectivity index (χ0) is 26.2. The van der Waals surface area contributed by atoms with Crippen molar-refractivity contribution < 1.29 is 22.7 Å². The summed E-state index contributed by atoms with van der Waals surface area (Å²) < 4.78 is 31.5. The first-order valence-electron chi connectivity index (χ1n) is 11.5. The molecule has 0 saturated carbocycles. The highest BCUT2D eigenvalue weighted by molar-refractivity contribution is 7.92. The van der Waals surface area contributed by atoms with Gasteiger partial charge in [-0.15, -0.1) is 0 Å². The number of methoxy groups -OCH3 is 1. The number of ether oxygens (including phenoxy) is 1. The smallest absolute Gasteiger partial charge is 0.244 e. The van der Waals surface area contributed by atoms with Crippen molar-refractivity contribution in [3.63, 3.8) is 0 Å². The number of hydrogen-bond donors (Lipinski definition) is 1. The predicted octanol–water partition coefficient (Wildman–Crippen LogP) is 3.84. The first-order chi connectivity index (χ1) is 16.5. The van der Waals surface area contributed by atoms with E-state index in [1.165, 1.54) is 17.0 Å². The number of sulfonamides is 1.